The number of hydrogen-bond acceptors (Lipinski definition) is 7. The van der Waals surface area contributed by atoms with Crippen molar-refractivity contribution in [3.63, 3.8) is 0 Å². The average molecular weight is 498 g/mol. The second kappa shape index (κ2) is 11.2. The number of nitrogens with one attached hydrogen (secondary N) is 3. The molecule has 1 fully saturated rings. The van der Waals surface area contributed by atoms with E-state index in [4.69, 9.17) is 15.6 Å². The third kappa shape index (κ3) is 6.72. The Morgan fingerprint density at radius 1 is 0.972 bits per heavy atom. The number of carboxylic acids is 1. The number of aliphatic carboxylic acids is 1. The molecule has 1 aliphatic rings. The van der Waals surface area contributed by atoms with Gasteiger partial charge in [-0.2, -0.15) is 0 Å². The number of benzene rings is 2. The highest BCUT2D eigenvalue weighted by Gasteiger charge is 2.53. The van der Waals surface area contributed by atoms with E-state index >= 15 is 0 Å². The van der Waals surface area contributed by atoms with E-state index in [1.165, 1.54) is 24.3 Å². The van der Waals surface area contributed by atoms with Gasteiger partial charge in [0.1, 0.15) is 17.8 Å². The van der Waals surface area contributed by atoms with Gasteiger partial charge in [0.05, 0.1) is 0 Å². The molecule has 2 aromatic rings. The third-order valence-corrected chi connectivity index (χ3v) is 5.54. The predicted molar refractivity (Wildman–Crippen MR) is 124 cm³/mol. The van der Waals surface area contributed by atoms with E-state index < -0.39 is 54.0 Å². The number of primary amides is 1. The highest BCUT2D eigenvalue weighted by Crippen LogP contribution is 2.25. The molecule has 7 N–H and O–H groups in total. The maximum absolute atomic E-state index is 13.1. The van der Waals surface area contributed by atoms with E-state index in [2.05, 4.69) is 16.0 Å². The van der Waals surface area contributed by atoms with E-state index in [0.717, 1.165) is 5.56 Å². The van der Waals surface area contributed by atoms with Gasteiger partial charge in [0, 0.05) is 19.3 Å². The average Bonchev–Trinajstić information content (AvgIpc) is 2.81. The molecule has 3 rings (SSSR count). The second-order valence-electron chi connectivity index (χ2n) is 8.30. The van der Waals surface area contributed by atoms with E-state index in [1.807, 2.05) is 0 Å². The quantitative estimate of drug-likeness (QED) is 0.234. The van der Waals surface area contributed by atoms with E-state index in [-0.39, 0.29) is 25.0 Å². The smallest absolute Gasteiger partial charge is 0.413 e. The summed E-state index contributed by atoms with van der Waals surface area (Å²) >= 11 is 0. The Kier molecular flexibility index (Phi) is 8.10. The minimum absolute atomic E-state index is 0.000675. The Balaban J connectivity index is 1.75. The lowest BCUT2D eigenvalue weighted by atomic mass is 9.98. The highest BCUT2D eigenvalue weighted by atomic mass is 16.6. The molecular weight excluding hydrogens is 472 g/mol. The molecule has 190 valence electrons. The number of ether oxygens (including phenoxy) is 1. The summed E-state index contributed by atoms with van der Waals surface area (Å²) in [6.07, 6.45) is -1.66. The molecular formula is C24H26N4O8. The van der Waals surface area contributed by atoms with Gasteiger partial charge in [-0.1, -0.05) is 42.5 Å². The largest absolute Gasteiger partial charge is 0.508 e. The zero-order chi connectivity index (χ0) is 26.3. The van der Waals surface area contributed by atoms with Crippen molar-refractivity contribution in [1.29, 1.82) is 0 Å². The summed E-state index contributed by atoms with van der Waals surface area (Å²) in [7, 11) is 0. The van der Waals surface area contributed by atoms with Gasteiger partial charge in [-0.25, -0.2) is 4.79 Å². The van der Waals surface area contributed by atoms with Crippen molar-refractivity contribution in [1.82, 2.24) is 16.0 Å². The standard InChI is InChI=1S/C24H26N4O8/c25-20(32)18(12-14-4-2-1-3-5-14)26-21(33)17(10-11-19(30)31)27-22(34)24(28-23(35)36-24)13-15-6-8-16(29)9-7-15/h1-9,17-18,29H,10-13H2,(H2,25,32)(H,26,33)(H,27,34)(H,28,35)(H,30,31)/t17-,18-,24+/m0/s1. The first-order valence-corrected chi connectivity index (χ1v) is 11.0. The minimum Gasteiger partial charge on any atom is -0.508 e. The summed E-state index contributed by atoms with van der Waals surface area (Å²) in [5, 5.41) is 25.8. The van der Waals surface area contributed by atoms with E-state index in [1.54, 1.807) is 30.3 Å². The van der Waals surface area contributed by atoms with Crippen molar-refractivity contribution in [2.75, 3.05) is 0 Å². The van der Waals surface area contributed by atoms with Crippen LogP contribution in [0.4, 0.5) is 4.79 Å². The molecule has 2 aromatic carbocycles. The van der Waals surface area contributed by atoms with Crippen molar-refractivity contribution in [2.24, 2.45) is 5.73 Å². The molecule has 1 saturated heterocycles. The number of hydrogen-bond donors (Lipinski definition) is 6. The fourth-order valence-electron chi connectivity index (χ4n) is 3.65. The van der Waals surface area contributed by atoms with Crippen LogP contribution in [0.2, 0.25) is 0 Å². The third-order valence-electron chi connectivity index (χ3n) is 5.54. The van der Waals surface area contributed by atoms with Crippen LogP contribution in [0.5, 0.6) is 5.75 Å². The van der Waals surface area contributed by atoms with Crippen LogP contribution in [0.3, 0.4) is 0 Å². The predicted octanol–water partition coefficient (Wildman–Crippen LogP) is -0.0668. The molecule has 0 bridgehead atoms. The summed E-state index contributed by atoms with van der Waals surface area (Å²) in [6, 6.07) is 12.1. The minimum atomic E-state index is -1.84. The topological polar surface area (TPSA) is 197 Å². The van der Waals surface area contributed by atoms with Crippen LogP contribution in [0.1, 0.15) is 24.0 Å². The van der Waals surface area contributed by atoms with Gasteiger partial charge in [0.15, 0.2) is 0 Å². The molecule has 12 heteroatoms. The molecule has 1 aliphatic heterocycles. The number of nitrogens with two attached hydrogens (primary N) is 1. The summed E-state index contributed by atoms with van der Waals surface area (Å²) in [5.74, 6) is -3.73. The zero-order valence-corrected chi connectivity index (χ0v) is 19.1. The van der Waals surface area contributed by atoms with Crippen LogP contribution in [-0.4, -0.2) is 57.8 Å². The van der Waals surface area contributed by atoms with Gasteiger partial charge in [-0.15, -0.1) is 0 Å². The molecule has 1 heterocycles. The van der Waals surface area contributed by atoms with Crippen LogP contribution in [0.15, 0.2) is 54.6 Å². The molecule has 0 unspecified atom stereocenters. The molecule has 0 radical (unpaired) electrons. The monoisotopic (exact) mass is 498 g/mol. The van der Waals surface area contributed by atoms with Gasteiger partial charge in [-0.05, 0) is 29.7 Å². The van der Waals surface area contributed by atoms with Crippen molar-refractivity contribution in [3.8, 4) is 5.75 Å². The fourth-order valence-corrected chi connectivity index (χ4v) is 3.65. The van der Waals surface area contributed by atoms with Gasteiger partial charge in [0.2, 0.25) is 11.8 Å². The number of carboxylic acid groups (broad SMARTS) is 1. The summed E-state index contributed by atoms with van der Waals surface area (Å²) in [4.78, 5) is 60.8. The Morgan fingerprint density at radius 2 is 1.61 bits per heavy atom. The normalized spacial score (nSPS) is 17.9. The first kappa shape index (κ1) is 26.0. The Hall–Kier alpha value is -4.61. The molecule has 0 saturated carbocycles. The molecule has 4 amide bonds. The van der Waals surface area contributed by atoms with Crippen molar-refractivity contribution in [3.05, 3.63) is 65.7 Å². The Labute approximate surface area is 205 Å². The number of cyclic esters (lactones) is 1. The summed E-state index contributed by atoms with van der Waals surface area (Å²) in [5.41, 5.74) is 4.86. The Morgan fingerprint density at radius 3 is 2.17 bits per heavy atom. The molecule has 0 spiro atoms. The number of rotatable bonds is 12. The number of carbonyl (C=O) groups is 5. The molecule has 12 nitrogen and oxygen atoms in total. The molecule has 36 heavy (non-hydrogen) atoms. The number of carbonyl (C=O) groups excluding carboxylic acids is 4. The fraction of sp³-hybridized carbons (Fsp3) is 0.292. The lowest BCUT2D eigenvalue weighted by molar-refractivity contribution is -0.157. The van der Waals surface area contributed by atoms with Gasteiger partial charge in [-0.3, -0.25) is 24.5 Å². The highest BCUT2D eigenvalue weighted by molar-refractivity contribution is 5.98. The number of phenols is 1. The van der Waals surface area contributed by atoms with Crippen molar-refractivity contribution in [2.45, 2.75) is 43.5 Å². The van der Waals surface area contributed by atoms with Crippen LogP contribution >= 0.6 is 0 Å². The lowest BCUT2D eigenvalue weighted by Gasteiger charge is -2.40. The van der Waals surface area contributed by atoms with Crippen LogP contribution in [0.25, 0.3) is 0 Å². The van der Waals surface area contributed by atoms with Gasteiger partial charge in [0.25, 0.3) is 11.6 Å². The lowest BCUT2D eigenvalue weighted by Crippen LogP contribution is -2.72. The van der Waals surface area contributed by atoms with Gasteiger partial charge >= 0.3 is 12.1 Å². The van der Waals surface area contributed by atoms with Crippen molar-refractivity contribution < 1.29 is 38.9 Å². The van der Waals surface area contributed by atoms with Crippen LogP contribution < -0.4 is 21.7 Å². The SMILES string of the molecule is NC(=O)[C@H](Cc1ccccc1)NC(=O)[C@H](CCC(=O)O)NC(=O)[C@]1(Cc2ccc(O)cc2)NC(=O)O1. The second-order valence-corrected chi connectivity index (χ2v) is 8.30. The number of phenolic OH excluding ortho intramolecular Hbond substituents is 1. The number of amides is 4. The first-order valence-electron chi connectivity index (χ1n) is 11.0. The van der Waals surface area contributed by atoms with Gasteiger partial charge < -0.3 is 31.3 Å². The molecule has 0 aliphatic carbocycles. The zero-order valence-electron chi connectivity index (χ0n) is 19.1. The van der Waals surface area contributed by atoms with Crippen LogP contribution in [-0.2, 0) is 36.8 Å². The van der Waals surface area contributed by atoms with E-state index in [9.17, 15) is 29.1 Å². The maximum atomic E-state index is 13.1. The maximum Gasteiger partial charge on any atom is 0.413 e. The summed E-state index contributed by atoms with van der Waals surface area (Å²) in [6.45, 7) is 0. The van der Waals surface area contributed by atoms with Crippen molar-refractivity contribution >= 4 is 29.8 Å². The van der Waals surface area contributed by atoms with Crippen LogP contribution in [0, 0.1) is 0 Å². The Bertz CT molecular complexity index is 1130. The summed E-state index contributed by atoms with van der Waals surface area (Å²) < 4.78 is 5.08. The molecule has 3 atom stereocenters. The first-order chi connectivity index (χ1) is 17.1. The molecule has 0 aromatic heterocycles. The van der Waals surface area contributed by atoms with E-state index in [0.29, 0.717) is 5.56 Å². The number of aromatic hydroxyl groups is 1.